The molecule has 0 spiro atoms. The lowest BCUT2D eigenvalue weighted by Gasteiger charge is -2.05. The van der Waals surface area contributed by atoms with Crippen LogP contribution in [-0.4, -0.2) is 23.1 Å². The molecule has 1 unspecified atom stereocenters. The Morgan fingerprint density at radius 1 is 1.47 bits per heavy atom. The number of nitrogens with one attached hydrogen (secondary N) is 2. The molecule has 0 radical (unpaired) electrons. The third-order valence-corrected chi connectivity index (χ3v) is 3.03. The van der Waals surface area contributed by atoms with Crippen molar-refractivity contribution in [2.24, 2.45) is 0 Å². The van der Waals surface area contributed by atoms with Crippen LogP contribution in [0.5, 0.6) is 0 Å². The maximum atomic E-state index is 13.1. The standard InChI is InChI=1S/C11H12FN3/c12-8-3-9-10(7-1-2-13-4-7)6-15-11(9)14-5-8/h3,5-7,13H,1-2,4H2,(H,14,15). The van der Waals surface area contributed by atoms with Crippen LogP contribution in [0, 0.1) is 5.82 Å². The quantitative estimate of drug-likeness (QED) is 0.745. The van der Waals surface area contributed by atoms with E-state index in [9.17, 15) is 4.39 Å². The fourth-order valence-corrected chi connectivity index (χ4v) is 2.26. The Morgan fingerprint density at radius 3 is 3.20 bits per heavy atom. The van der Waals surface area contributed by atoms with Gasteiger partial charge in [0.05, 0.1) is 6.20 Å². The Kier molecular flexibility index (Phi) is 1.95. The summed E-state index contributed by atoms with van der Waals surface area (Å²) in [5.74, 6) is 0.219. The molecule has 2 aromatic rings. The van der Waals surface area contributed by atoms with E-state index in [1.807, 2.05) is 6.20 Å². The molecule has 0 aromatic carbocycles. The smallest absolute Gasteiger partial charge is 0.142 e. The Bertz CT molecular complexity index is 486. The zero-order chi connectivity index (χ0) is 10.3. The molecule has 0 saturated carbocycles. The number of fused-ring (bicyclic) bond motifs is 1. The molecule has 78 valence electrons. The summed E-state index contributed by atoms with van der Waals surface area (Å²) in [6.07, 6.45) is 4.31. The van der Waals surface area contributed by atoms with E-state index in [1.54, 1.807) is 6.07 Å². The Labute approximate surface area is 86.7 Å². The lowest BCUT2D eigenvalue weighted by molar-refractivity contribution is 0.624. The van der Waals surface area contributed by atoms with Gasteiger partial charge >= 0.3 is 0 Å². The van der Waals surface area contributed by atoms with Crippen LogP contribution in [-0.2, 0) is 0 Å². The number of hydrogen-bond acceptors (Lipinski definition) is 2. The summed E-state index contributed by atoms with van der Waals surface area (Å²) in [5.41, 5.74) is 1.96. The number of aromatic nitrogens is 2. The molecule has 0 bridgehead atoms. The van der Waals surface area contributed by atoms with E-state index < -0.39 is 0 Å². The summed E-state index contributed by atoms with van der Waals surface area (Å²) in [7, 11) is 0. The molecular weight excluding hydrogens is 193 g/mol. The van der Waals surface area contributed by atoms with Gasteiger partial charge in [0.25, 0.3) is 0 Å². The average Bonchev–Trinajstić information content (AvgIpc) is 2.83. The average molecular weight is 205 g/mol. The van der Waals surface area contributed by atoms with Crippen molar-refractivity contribution in [1.82, 2.24) is 15.3 Å². The summed E-state index contributed by atoms with van der Waals surface area (Å²) in [4.78, 5) is 7.11. The first kappa shape index (κ1) is 8.85. The second-order valence-electron chi connectivity index (χ2n) is 3.98. The lowest BCUT2D eigenvalue weighted by Crippen LogP contribution is -2.07. The van der Waals surface area contributed by atoms with Crippen LogP contribution >= 0.6 is 0 Å². The molecule has 0 aliphatic carbocycles. The highest BCUT2D eigenvalue weighted by Crippen LogP contribution is 2.28. The van der Waals surface area contributed by atoms with Crippen LogP contribution in [0.4, 0.5) is 4.39 Å². The van der Waals surface area contributed by atoms with Gasteiger partial charge in [-0.1, -0.05) is 0 Å². The second kappa shape index (κ2) is 3.31. The van der Waals surface area contributed by atoms with Gasteiger partial charge in [0.1, 0.15) is 11.5 Å². The molecule has 3 nitrogen and oxygen atoms in total. The SMILES string of the molecule is Fc1cnc2[nH]cc(C3CCNC3)c2c1. The molecule has 15 heavy (non-hydrogen) atoms. The van der Waals surface area contributed by atoms with Gasteiger partial charge in [-0.05, 0) is 30.5 Å². The van der Waals surface area contributed by atoms with Gasteiger partial charge in [0, 0.05) is 18.1 Å². The normalized spacial score (nSPS) is 21.3. The van der Waals surface area contributed by atoms with Crippen molar-refractivity contribution >= 4 is 11.0 Å². The number of H-pyrrole nitrogens is 1. The van der Waals surface area contributed by atoms with Gasteiger partial charge in [0.15, 0.2) is 0 Å². The first-order valence-electron chi connectivity index (χ1n) is 5.18. The Morgan fingerprint density at radius 2 is 2.40 bits per heavy atom. The van der Waals surface area contributed by atoms with Crippen molar-refractivity contribution in [2.45, 2.75) is 12.3 Å². The fraction of sp³-hybridized carbons (Fsp3) is 0.364. The molecule has 1 saturated heterocycles. The van der Waals surface area contributed by atoms with Gasteiger partial charge in [-0.15, -0.1) is 0 Å². The number of pyridine rings is 1. The molecule has 3 heterocycles. The Balaban J connectivity index is 2.13. The molecule has 1 fully saturated rings. The van der Waals surface area contributed by atoms with Crippen molar-refractivity contribution in [2.75, 3.05) is 13.1 Å². The van der Waals surface area contributed by atoms with Gasteiger partial charge in [-0.3, -0.25) is 0 Å². The maximum absolute atomic E-state index is 13.1. The summed E-state index contributed by atoms with van der Waals surface area (Å²) >= 11 is 0. The lowest BCUT2D eigenvalue weighted by atomic mass is 9.99. The number of rotatable bonds is 1. The van der Waals surface area contributed by atoms with Crippen molar-refractivity contribution < 1.29 is 4.39 Å². The van der Waals surface area contributed by atoms with E-state index in [1.165, 1.54) is 11.8 Å². The topological polar surface area (TPSA) is 40.7 Å². The van der Waals surface area contributed by atoms with E-state index in [4.69, 9.17) is 0 Å². The molecule has 1 atom stereocenters. The first-order valence-corrected chi connectivity index (χ1v) is 5.18. The largest absolute Gasteiger partial charge is 0.346 e. The summed E-state index contributed by atoms with van der Waals surface area (Å²) in [6.45, 7) is 2.02. The minimum absolute atomic E-state index is 0.269. The van der Waals surface area contributed by atoms with Gasteiger partial charge in [0.2, 0.25) is 0 Å². The van der Waals surface area contributed by atoms with E-state index in [0.717, 1.165) is 30.5 Å². The molecule has 2 aromatic heterocycles. The fourth-order valence-electron chi connectivity index (χ4n) is 2.26. The van der Waals surface area contributed by atoms with Gasteiger partial charge in [-0.2, -0.15) is 0 Å². The number of halogens is 1. The summed E-state index contributed by atoms with van der Waals surface area (Å²) in [6, 6.07) is 1.56. The van der Waals surface area contributed by atoms with Crippen molar-refractivity contribution in [1.29, 1.82) is 0 Å². The molecule has 4 heteroatoms. The third-order valence-electron chi connectivity index (χ3n) is 3.03. The van der Waals surface area contributed by atoms with Gasteiger partial charge in [-0.25, -0.2) is 9.37 Å². The van der Waals surface area contributed by atoms with Crippen molar-refractivity contribution in [3.63, 3.8) is 0 Å². The minimum atomic E-state index is -0.269. The molecule has 2 N–H and O–H groups in total. The minimum Gasteiger partial charge on any atom is -0.346 e. The van der Waals surface area contributed by atoms with Crippen molar-refractivity contribution in [3.8, 4) is 0 Å². The van der Waals surface area contributed by atoms with E-state index in [0.29, 0.717) is 5.92 Å². The van der Waals surface area contributed by atoms with Crippen LogP contribution in [0.2, 0.25) is 0 Å². The van der Waals surface area contributed by atoms with Gasteiger partial charge < -0.3 is 10.3 Å². The number of nitrogens with zero attached hydrogens (tertiary/aromatic N) is 1. The molecule has 0 amide bonds. The van der Waals surface area contributed by atoms with E-state index in [-0.39, 0.29) is 5.82 Å². The highest BCUT2D eigenvalue weighted by molar-refractivity contribution is 5.80. The third kappa shape index (κ3) is 1.41. The molecule has 3 rings (SSSR count). The predicted molar refractivity (Wildman–Crippen MR) is 56.3 cm³/mol. The molecule has 1 aliphatic heterocycles. The summed E-state index contributed by atoms with van der Waals surface area (Å²) < 4.78 is 13.1. The number of aromatic amines is 1. The first-order chi connectivity index (χ1) is 7.34. The van der Waals surface area contributed by atoms with Crippen LogP contribution in [0.3, 0.4) is 0 Å². The van der Waals surface area contributed by atoms with Crippen LogP contribution < -0.4 is 5.32 Å². The van der Waals surface area contributed by atoms with Crippen LogP contribution in [0.25, 0.3) is 11.0 Å². The maximum Gasteiger partial charge on any atom is 0.142 e. The van der Waals surface area contributed by atoms with Crippen LogP contribution in [0.1, 0.15) is 17.9 Å². The highest BCUT2D eigenvalue weighted by atomic mass is 19.1. The van der Waals surface area contributed by atoms with E-state index >= 15 is 0 Å². The molecule has 1 aliphatic rings. The van der Waals surface area contributed by atoms with Crippen molar-refractivity contribution in [3.05, 3.63) is 29.8 Å². The zero-order valence-electron chi connectivity index (χ0n) is 8.26. The Hall–Kier alpha value is -1.42. The monoisotopic (exact) mass is 205 g/mol. The second-order valence-corrected chi connectivity index (χ2v) is 3.98. The highest BCUT2D eigenvalue weighted by Gasteiger charge is 2.20. The van der Waals surface area contributed by atoms with E-state index in [2.05, 4.69) is 15.3 Å². The predicted octanol–water partition coefficient (Wildman–Crippen LogP) is 1.78. The summed E-state index contributed by atoms with van der Waals surface area (Å²) in [5, 5.41) is 4.23. The van der Waals surface area contributed by atoms with Crippen LogP contribution in [0.15, 0.2) is 18.5 Å². The molecular formula is C11H12FN3. The number of hydrogen-bond donors (Lipinski definition) is 2. The zero-order valence-corrected chi connectivity index (χ0v) is 8.26.